The fourth-order valence-electron chi connectivity index (χ4n) is 3.37. The summed E-state index contributed by atoms with van der Waals surface area (Å²) in [4.78, 5) is 51.3. The second kappa shape index (κ2) is 11.3. The third-order valence-corrected chi connectivity index (χ3v) is 4.95. The maximum atomic E-state index is 12.7. The molecule has 2 amide bonds. The molecule has 2 saturated heterocycles. The van der Waals surface area contributed by atoms with Gasteiger partial charge in [-0.25, -0.2) is 0 Å². The molecule has 0 aliphatic carbocycles. The van der Waals surface area contributed by atoms with Crippen LogP contribution < -0.4 is 5.56 Å². The van der Waals surface area contributed by atoms with E-state index < -0.39 is 0 Å². The Kier molecular flexibility index (Phi) is 8.81. The van der Waals surface area contributed by atoms with Crippen molar-refractivity contribution >= 4 is 18.3 Å². The Hall–Kier alpha value is -2.72. The van der Waals surface area contributed by atoms with Crippen LogP contribution in [0.15, 0.2) is 23.1 Å². The van der Waals surface area contributed by atoms with Crippen molar-refractivity contribution in [2.24, 2.45) is 7.05 Å². The summed E-state index contributed by atoms with van der Waals surface area (Å²) in [6.07, 6.45) is 2.43. The molecule has 0 bridgehead atoms. The number of carboxylic acid groups (broad SMARTS) is 1. The number of hydrogen-bond donors (Lipinski definition) is 1. The summed E-state index contributed by atoms with van der Waals surface area (Å²) in [5.41, 5.74) is -0.0751. The Labute approximate surface area is 169 Å². The van der Waals surface area contributed by atoms with Crippen molar-refractivity contribution in [1.82, 2.24) is 19.3 Å². The topological polar surface area (TPSA) is 112 Å². The van der Waals surface area contributed by atoms with Crippen LogP contribution >= 0.6 is 0 Å². The highest BCUT2D eigenvalue weighted by atomic mass is 16.5. The maximum absolute atomic E-state index is 12.7. The van der Waals surface area contributed by atoms with Crippen molar-refractivity contribution < 1.29 is 24.2 Å². The van der Waals surface area contributed by atoms with Crippen LogP contribution in [0.3, 0.4) is 0 Å². The van der Waals surface area contributed by atoms with Gasteiger partial charge in [-0.05, 0) is 18.6 Å². The van der Waals surface area contributed by atoms with Crippen LogP contribution in [0.4, 0.5) is 0 Å². The number of pyridine rings is 1. The molecule has 2 aliphatic heterocycles. The molecule has 0 spiro atoms. The van der Waals surface area contributed by atoms with E-state index in [4.69, 9.17) is 14.6 Å². The van der Waals surface area contributed by atoms with Crippen LogP contribution in [0.2, 0.25) is 0 Å². The van der Waals surface area contributed by atoms with Crippen LogP contribution in [0.5, 0.6) is 0 Å². The summed E-state index contributed by atoms with van der Waals surface area (Å²) in [6.45, 7) is 5.13. The summed E-state index contributed by atoms with van der Waals surface area (Å²) in [5.74, 6) is -0.113. The number of morpholine rings is 1. The normalized spacial score (nSPS) is 17.7. The molecular formula is C19H28N4O6. The highest BCUT2D eigenvalue weighted by molar-refractivity contribution is 5.93. The zero-order chi connectivity index (χ0) is 21.2. The monoisotopic (exact) mass is 408 g/mol. The summed E-state index contributed by atoms with van der Waals surface area (Å²) in [5, 5.41) is 6.89. The molecule has 160 valence electrons. The van der Waals surface area contributed by atoms with Crippen molar-refractivity contribution in [2.75, 3.05) is 59.0 Å². The molecule has 3 heterocycles. The molecular weight excluding hydrogens is 380 g/mol. The molecule has 10 heteroatoms. The van der Waals surface area contributed by atoms with Gasteiger partial charge in [0.15, 0.2) is 0 Å². The van der Waals surface area contributed by atoms with Crippen LogP contribution in [0.1, 0.15) is 16.8 Å². The van der Waals surface area contributed by atoms with E-state index >= 15 is 0 Å². The lowest BCUT2D eigenvalue weighted by atomic mass is 10.2. The Morgan fingerprint density at radius 1 is 1.10 bits per heavy atom. The lowest BCUT2D eigenvalue weighted by molar-refractivity contribution is -0.136. The summed E-state index contributed by atoms with van der Waals surface area (Å²) in [6, 6.07) is 3.29. The van der Waals surface area contributed by atoms with Gasteiger partial charge in [-0.3, -0.25) is 24.1 Å². The van der Waals surface area contributed by atoms with Crippen molar-refractivity contribution in [1.29, 1.82) is 0 Å². The lowest BCUT2D eigenvalue weighted by Gasteiger charge is -2.29. The average Bonchev–Trinajstić information content (AvgIpc) is 2.96. The van der Waals surface area contributed by atoms with Gasteiger partial charge in [0.25, 0.3) is 17.9 Å². The van der Waals surface area contributed by atoms with E-state index in [9.17, 15) is 14.4 Å². The van der Waals surface area contributed by atoms with E-state index in [0.717, 1.165) is 13.0 Å². The van der Waals surface area contributed by atoms with E-state index in [-0.39, 0.29) is 29.4 Å². The molecule has 0 aromatic carbocycles. The second-order valence-electron chi connectivity index (χ2n) is 6.86. The zero-order valence-electron chi connectivity index (χ0n) is 16.7. The number of carbonyl (C=O) groups is 3. The summed E-state index contributed by atoms with van der Waals surface area (Å²) < 4.78 is 6.70. The van der Waals surface area contributed by atoms with Crippen LogP contribution in [0.25, 0.3) is 0 Å². The van der Waals surface area contributed by atoms with Gasteiger partial charge in [0.2, 0.25) is 5.91 Å². The minimum absolute atomic E-state index is 0.116. The van der Waals surface area contributed by atoms with Gasteiger partial charge in [0, 0.05) is 52.5 Å². The smallest absolute Gasteiger partial charge is 0.290 e. The van der Waals surface area contributed by atoms with Crippen molar-refractivity contribution in [3.63, 3.8) is 0 Å². The predicted molar refractivity (Wildman–Crippen MR) is 105 cm³/mol. The lowest BCUT2D eigenvalue weighted by Crippen LogP contribution is -2.46. The largest absolute Gasteiger partial charge is 0.483 e. The van der Waals surface area contributed by atoms with Gasteiger partial charge in [0.1, 0.15) is 5.56 Å². The third kappa shape index (κ3) is 6.40. The van der Waals surface area contributed by atoms with E-state index in [1.807, 2.05) is 4.90 Å². The van der Waals surface area contributed by atoms with Gasteiger partial charge in [0.05, 0.1) is 19.8 Å². The maximum Gasteiger partial charge on any atom is 0.290 e. The first-order valence-corrected chi connectivity index (χ1v) is 9.58. The number of aromatic nitrogens is 1. The van der Waals surface area contributed by atoms with E-state index in [0.29, 0.717) is 52.5 Å². The zero-order valence-corrected chi connectivity index (χ0v) is 16.7. The number of aryl methyl sites for hydroxylation is 1. The molecule has 10 nitrogen and oxygen atoms in total. The van der Waals surface area contributed by atoms with E-state index in [1.54, 1.807) is 30.3 Å². The van der Waals surface area contributed by atoms with Gasteiger partial charge in [-0.15, -0.1) is 0 Å². The fraction of sp³-hybridized carbons (Fsp3) is 0.579. The highest BCUT2D eigenvalue weighted by Gasteiger charge is 2.25. The van der Waals surface area contributed by atoms with Crippen molar-refractivity contribution in [3.8, 4) is 0 Å². The molecule has 0 saturated carbocycles. The number of nitrogens with zero attached hydrogens (tertiary/aromatic N) is 4. The molecule has 29 heavy (non-hydrogen) atoms. The minimum atomic E-state index is -0.277. The van der Waals surface area contributed by atoms with Gasteiger partial charge >= 0.3 is 0 Å². The second-order valence-corrected chi connectivity index (χ2v) is 6.86. The van der Waals surface area contributed by atoms with E-state index in [2.05, 4.69) is 4.90 Å². The standard InChI is InChI=1S/C18H26N4O4.CH2O2/c1-19-5-2-4-15(17(19)24)18(25)22-7-3-6-20(8-9-22)14-16(23)21-10-12-26-13-11-21;2-1-3/h2,4-5H,3,6-14H2,1H3;1H,(H,2,3). The molecule has 1 aromatic rings. The van der Waals surface area contributed by atoms with Crippen molar-refractivity contribution in [3.05, 3.63) is 34.2 Å². The highest BCUT2D eigenvalue weighted by Crippen LogP contribution is 2.08. The number of ether oxygens (including phenoxy) is 1. The van der Waals surface area contributed by atoms with E-state index in [1.165, 1.54) is 4.57 Å². The molecule has 2 aliphatic rings. The number of rotatable bonds is 3. The fourth-order valence-corrected chi connectivity index (χ4v) is 3.37. The van der Waals surface area contributed by atoms with Gasteiger partial charge in [-0.2, -0.15) is 0 Å². The Morgan fingerprint density at radius 3 is 2.48 bits per heavy atom. The molecule has 0 radical (unpaired) electrons. The van der Waals surface area contributed by atoms with Crippen LogP contribution in [-0.2, 0) is 21.4 Å². The molecule has 1 N–H and O–H groups in total. The Balaban J connectivity index is 0.000000941. The Morgan fingerprint density at radius 2 is 1.79 bits per heavy atom. The SMILES string of the molecule is Cn1cccc(C(=O)N2CCCN(CC(=O)N3CCOCC3)CC2)c1=O.O=CO. The van der Waals surface area contributed by atoms with Crippen LogP contribution in [-0.4, -0.2) is 102 Å². The average molecular weight is 408 g/mol. The predicted octanol–water partition coefficient (Wildman–Crippen LogP) is -0.907. The van der Waals surface area contributed by atoms with Crippen LogP contribution in [0, 0.1) is 0 Å². The Bertz CT molecular complexity index is 759. The number of amides is 2. The first kappa shape index (κ1) is 22.6. The van der Waals surface area contributed by atoms with Crippen molar-refractivity contribution in [2.45, 2.75) is 6.42 Å². The molecule has 2 fully saturated rings. The first-order chi connectivity index (χ1) is 14.0. The molecule has 0 unspecified atom stereocenters. The summed E-state index contributed by atoms with van der Waals surface area (Å²) in [7, 11) is 1.64. The molecule has 3 rings (SSSR count). The van der Waals surface area contributed by atoms with Gasteiger partial charge in [-0.1, -0.05) is 0 Å². The third-order valence-electron chi connectivity index (χ3n) is 4.95. The first-order valence-electron chi connectivity index (χ1n) is 9.58. The summed E-state index contributed by atoms with van der Waals surface area (Å²) >= 11 is 0. The minimum Gasteiger partial charge on any atom is -0.483 e. The number of hydrogen-bond acceptors (Lipinski definition) is 6. The number of carbonyl (C=O) groups excluding carboxylic acids is 2. The van der Waals surface area contributed by atoms with Gasteiger partial charge < -0.3 is 24.2 Å². The molecule has 0 atom stereocenters. The quantitative estimate of drug-likeness (QED) is 0.645. The molecule has 1 aromatic heterocycles.